The molecule has 3 N–H and O–H groups in total. The number of nitrogens with two attached hydrogens (primary N) is 1. The van der Waals surface area contributed by atoms with Crippen molar-refractivity contribution in [1.29, 1.82) is 5.26 Å². The Balaban J connectivity index is 1.88. The minimum absolute atomic E-state index is 0.107. The topological polar surface area (TPSA) is 69.5 Å². The maximum atomic E-state index is 12.0. The molecule has 2 aromatic carbocycles. The lowest BCUT2D eigenvalue weighted by Gasteiger charge is -2.11. The first kappa shape index (κ1) is 16.0. The zero-order valence-corrected chi connectivity index (χ0v) is 13.0. The summed E-state index contributed by atoms with van der Waals surface area (Å²) in [5, 5.41) is 14.3. The van der Waals surface area contributed by atoms with Crippen LogP contribution in [-0.2, 0) is 4.79 Å². The van der Waals surface area contributed by atoms with Gasteiger partial charge < -0.3 is 10.6 Å². The van der Waals surface area contributed by atoms with Crippen LogP contribution in [0.5, 0.6) is 0 Å². The van der Waals surface area contributed by atoms with Gasteiger partial charge in [-0.15, -0.1) is 0 Å². The van der Waals surface area contributed by atoms with Gasteiger partial charge in [0.15, 0.2) is 6.54 Å². The molecular formula is C17H17ClN3O+. The van der Waals surface area contributed by atoms with Crippen molar-refractivity contribution in [3.63, 3.8) is 0 Å². The van der Waals surface area contributed by atoms with Gasteiger partial charge in [-0.2, -0.15) is 5.26 Å². The number of nitrogens with zero attached hydrogens (tertiary/aromatic N) is 1. The summed E-state index contributed by atoms with van der Waals surface area (Å²) in [4.78, 5) is 12.0. The van der Waals surface area contributed by atoms with Crippen molar-refractivity contribution in [1.82, 2.24) is 0 Å². The molecule has 0 unspecified atom stereocenters. The van der Waals surface area contributed by atoms with Crippen molar-refractivity contribution in [2.45, 2.75) is 13.0 Å². The van der Waals surface area contributed by atoms with E-state index >= 15 is 0 Å². The van der Waals surface area contributed by atoms with Gasteiger partial charge in [-0.25, -0.2) is 0 Å². The number of anilines is 1. The highest BCUT2D eigenvalue weighted by molar-refractivity contribution is 6.30. The van der Waals surface area contributed by atoms with E-state index in [1.165, 1.54) is 0 Å². The normalized spacial score (nSPS) is 11.5. The standard InChI is InChI=1S/C17H16ClN3O/c1-12(14-5-3-6-15(18)9-14)20-11-17(22)21-16-7-2-4-13(8-16)10-19/h2-9,12,20H,11H2,1H3,(H,21,22)/p+1/t12-/m1/s1. The van der Waals surface area contributed by atoms with Crippen molar-refractivity contribution in [3.05, 3.63) is 64.7 Å². The third-order valence-electron chi connectivity index (χ3n) is 3.31. The summed E-state index contributed by atoms with van der Waals surface area (Å²) in [5.74, 6) is -0.107. The lowest BCUT2D eigenvalue weighted by molar-refractivity contribution is -0.682. The van der Waals surface area contributed by atoms with Gasteiger partial charge in [-0.1, -0.05) is 29.8 Å². The molecule has 2 rings (SSSR count). The second kappa shape index (κ2) is 7.60. The summed E-state index contributed by atoms with van der Waals surface area (Å²) in [7, 11) is 0. The molecule has 0 heterocycles. The van der Waals surface area contributed by atoms with Gasteiger partial charge in [0.05, 0.1) is 11.6 Å². The van der Waals surface area contributed by atoms with Crippen molar-refractivity contribution in [2.75, 3.05) is 11.9 Å². The number of hydrogen-bond acceptors (Lipinski definition) is 2. The number of halogens is 1. The van der Waals surface area contributed by atoms with Crippen molar-refractivity contribution < 1.29 is 10.1 Å². The Kier molecular flexibility index (Phi) is 5.54. The van der Waals surface area contributed by atoms with Crippen LogP contribution in [0.2, 0.25) is 5.02 Å². The van der Waals surface area contributed by atoms with E-state index in [0.717, 1.165) is 5.56 Å². The molecule has 22 heavy (non-hydrogen) atoms. The quantitative estimate of drug-likeness (QED) is 0.890. The fourth-order valence-corrected chi connectivity index (χ4v) is 2.29. The number of nitriles is 1. The molecule has 0 aliphatic heterocycles. The average Bonchev–Trinajstić information content (AvgIpc) is 2.52. The largest absolute Gasteiger partial charge is 0.333 e. The first-order chi connectivity index (χ1) is 10.6. The van der Waals surface area contributed by atoms with E-state index < -0.39 is 0 Å². The number of rotatable bonds is 5. The SMILES string of the molecule is C[C@@H]([NH2+]CC(=O)Nc1cccc(C#N)c1)c1cccc(Cl)c1. The third kappa shape index (κ3) is 4.59. The second-order valence-electron chi connectivity index (χ2n) is 5.02. The van der Waals surface area contributed by atoms with Crippen LogP contribution in [0.3, 0.4) is 0 Å². The molecule has 0 radical (unpaired) electrons. The minimum Gasteiger partial charge on any atom is -0.333 e. The highest BCUT2D eigenvalue weighted by atomic mass is 35.5. The molecule has 2 aromatic rings. The van der Waals surface area contributed by atoms with Crippen LogP contribution < -0.4 is 10.6 Å². The molecule has 112 valence electrons. The molecule has 1 atom stereocenters. The molecule has 0 aliphatic carbocycles. The highest BCUT2D eigenvalue weighted by Gasteiger charge is 2.12. The van der Waals surface area contributed by atoms with Crippen LogP contribution in [0.4, 0.5) is 5.69 Å². The number of quaternary nitrogens is 1. The Morgan fingerprint density at radius 3 is 2.82 bits per heavy atom. The maximum absolute atomic E-state index is 12.0. The fraction of sp³-hybridized carbons (Fsp3) is 0.176. The zero-order chi connectivity index (χ0) is 15.9. The number of nitrogens with one attached hydrogen (secondary N) is 1. The average molecular weight is 315 g/mol. The van der Waals surface area contributed by atoms with Crippen LogP contribution >= 0.6 is 11.6 Å². The lowest BCUT2D eigenvalue weighted by Crippen LogP contribution is -2.86. The number of carbonyl (C=O) groups excluding carboxylic acids is 1. The molecule has 0 bridgehead atoms. The van der Waals surface area contributed by atoms with Gasteiger partial charge in [0.25, 0.3) is 5.91 Å². The molecule has 0 aromatic heterocycles. The predicted molar refractivity (Wildman–Crippen MR) is 86.4 cm³/mol. The van der Waals surface area contributed by atoms with E-state index in [1.807, 2.05) is 42.6 Å². The Morgan fingerprint density at radius 2 is 2.09 bits per heavy atom. The van der Waals surface area contributed by atoms with Crippen molar-refractivity contribution in [3.8, 4) is 6.07 Å². The molecule has 5 heteroatoms. The third-order valence-corrected chi connectivity index (χ3v) is 3.54. The molecule has 0 saturated carbocycles. The Morgan fingerprint density at radius 1 is 1.32 bits per heavy atom. The van der Waals surface area contributed by atoms with Crippen molar-refractivity contribution in [2.24, 2.45) is 0 Å². The van der Waals surface area contributed by atoms with Gasteiger partial charge in [0.2, 0.25) is 0 Å². The summed E-state index contributed by atoms with van der Waals surface area (Å²) in [6, 6.07) is 16.6. The monoisotopic (exact) mass is 314 g/mol. The molecule has 4 nitrogen and oxygen atoms in total. The number of amides is 1. The predicted octanol–water partition coefficient (Wildman–Crippen LogP) is 2.47. The Bertz CT molecular complexity index is 709. The molecule has 0 fully saturated rings. The fourth-order valence-electron chi connectivity index (χ4n) is 2.09. The number of benzene rings is 2. The molecule has 0 spiro atoms. The smallest absolute Gasteiger partial charge is 0.279 e. The Labute approximate surface area is 134 Å². The van der Waals surface area contributed by atoms with E-state index in [0.29, 0.717) is 22.8 Å². The minimum atomic E-state index is -0.107. The molecule has 0 saturated heterocycles. The van der Waals surface area contributed by atoms with Gasteiger partial charge in [0.1, 0.15) is 6.04 Å². The van der Waals surface area contributed by atoms with E-state index in [-0.39, 0.29) is 11.9 Å². The lowest BCUT2D eigenvalue weighted by atomic mass is 10.1. The first-order valence-corrected chi connectivity index (χ1v) is 7.35. The van der Waals surface area contributed by atoms with Crippen LogP contribution in [0, 0.1) is 11.3 Å². The van der Waals surface area contributed by atoms with Crippen molar-refractivity contribution >= 4 is 23.2 Å². The maximum Gasteiger partial charge on any atom is 0.279 e. The first-order valence-electron chi connectivity index (χ1n) is 6.97. The van der Waals surface area contributed by atoms with Gasteiger partial charge in [0, 0.05) is 16.3 Å². The number of hydrogen-bond donors (Lipinski definition) is 2. The summed E-state index contributed by atoms with van der Waals surface area (Å²) < 4.78 is 0. The second-order valence-corrected chi connectivity index (χ2v) is 5.46. The van der Waals surface area contributed by atoms with Gasteiger partial charge in [-0.05, 0) is 37.3 Å². The summed E-state index contributed by atoms with van der Waals surface area (Å²) >= 11 is 5.97. The molecular weight excluding hydrogens is 298 g/mol. The van der Waals surface area contributed by atoms with Gasteiger partial charge >= 0.3 is 0 Å². The van der Waals surface area contributed by atoms with Gasteiger partial charge in [-0.3, -0.25) is 4.79 Å². The summed E-state index contributed by atoms with van der Waals surface area (Å²) in [6.45, 7) is 2.32. The number of carbonyl (C=O) groups is 1. The highest BCUT2D eigenvalue weighted by Crippen LogP contribution is 2.14. The molecule has 1 amide bonds. The van der Waals surface area contributed by atoms with Crippen LogP contribution in [0.1, 0.15) is 24.1 Å². The summed E-state index contributed by atoms with van der Waals surface area (Å²) in [6.07, 6.45) is 0. The zero-order valence-electron chi connectivity index (χ0n) is 12.2. The van der Waals surface area contributed by atoms with E-state index in [4.69, 9.17) is 16.9 Å². The Hall–Kier alpha value is -2.35. The van der Waals surface area contributed by atoms with E-state index in [2.05, 4.69) is 5.32 Å². The van der Waals surface area contributed by atoms with Crippen LogP contribution in [0.15, 0.2) is 48.5 Å². The van der Waals surface area contributed by atoms with Crippen LogP contribution in [0.25, 0.3) is 0 Å². The van der Waals surface area contributed by atoms with Crippen LogP contribution in [-0.4, -0.2) is 12.5 Å². The van der Waals surface area contributed by atoms with E-state index in [1.54, 1.807) is 24.3 Å². The summed E-state index contributed by atoms with van der Waals surface area (Å²) in [5.41, 5.74) is 2.23. The molecule has 0 aliphatic rings. The van der Waals surface area contributed by atoms with E-state index in [9.17, 15) is 4.79 Å².